The summed E-state index contributed by atoms with van der Waals surface area (Å²) < 4.78 is 11.6. The molecule has 2 aromatic heterocycles. The summed E-state index contributed by atoms with van der Waals surface area (Å²) in [4.78, 5) is 23.6. The van der Waals surface area contributed by atoms with Crippen LogP contribution in [-0.2, 0) is 9.53 Å². The molecule has 3 aromatic rings. The number of halogens is 1. The molecule has 1 N–H and O–H groups in total. The van der Waals surface area contributed by atoms with Crippen LogP contribution in [0.5, 0.6) is 0 Å². The Balaban J connectivity index is 1.81. The highest BCUT2D eigenvalue weighted by molar-refractivity contribution is 6.30. The highest BCUT2D eigenvalue weighted by Gasteiger charge is 2.18. The Kier molecular flexibility index (Phi) is 5.93. The maximum atomic E-state index is 12.4. The van der Waals surface area contributed by atoms with Crippen molar-refractivity contribution in [3.05, 3.63) is 59.4 Å². The van der Waals surface area contributed by atoms with Crippen molar-refractivity contribution in [1.82, 2.24) is 15.1 Å². The second-order valence-electron chi connectivity index (χ2n) is 5.72. The van der Waals surface area contributed by atoms with Crippen LogP contribution >= 0.6 is 11.6 Å². The number of nitrogens with zero attached hydrogens (tertiary/aromatic N) is 2. The Bertz CT molecular complexity index is 934. The van der Waals surface area contributed by atoms with Gasteiger partial charge in [0.05, 0.1) is 19.1 Å². The Morgan fingerprint density at radius 3 is 2.81 bits per heavy atom. The molecule has 0 saturated heterocycles. The standard InChI is InChI=1S/C19H18ClN3O4/c1-26-18(24)8-3-9-21-19(25)15-12-16(17-7-4-10-27-17)23(22-15)14-6-2-5-13(20)11-14/h2,4-7,10-12H,3,8-9H2,1H3,(H,21,25). The molecular weight excluding hydrogens is 370 g/mol. The minimum atomic E-state index is -0.339. The second-order valence-corrected chi connectivity index (χ2v) is 6.16. The van der Waals surface area contributed by atoms with E-state index in [-0.39, 0.29) is 24.0 Å². The molecule has 7 nitrogen and oxygen atoms in total. The summed E-state index contributed by atoms with van der Waals surface area (Å²) in [6.45, 7) is 0.341. The zero-order valence-electron chi connectivity index (χ0n) is 14.6. The third-order valence-corrected chi connectivity index (χ3v) is 4.07. The zero-order chi connectivity index (χ0) is 19.2. The minimum absolute atomic E-state index is 0.236. The van der Waals surface area contributed by atoms with Gasteiger partial charge in [0.25, 0.3) is 5.91 Å². The van der Waals surface area contributed by atoms with Crippen molar-refractivity contribution in [1.29, 1.82) is 0 Å². The highest BCUT2D eigenvalue weighted by Crippen LogP contribution is 2.25. The maximum absolute atomic E-state index is 12.4. The van der Waals surface area contributed by atoms with Crippen molar-refractivity contribution in [3.8, 4) is 17.1 Å². The van der Waals surface area contributed by atoms with E-state index in [0.29, 0.717) is 35.1 Å². The zero-order valence-corrected chi connectivity index (χ0v) is 15.4. The molecule has 2 heterocycles. The van der Waals surface area contributed by atoms with Crippen LogP contribution in [-0.4, -0.2) is 35.3 Å². The first-order valence-corrected chi connectivity index (χ1v) is 8.71. The Morgan fingerprint density at radius 2 is 2.11 bits per heavy atom. The average molecular weight is 388 g/mol. The fourth-order valence-electron chi connectivity index (χ4n) is 2.52. The average Bonchev–Trinajstić information content (AvgIpc) is 3.34. The molecule has 1 amide bonds. The lowest BCUT2D eigenvalue weighted by molar-refractivity contribution is -0.140. The number of carbonyl (C=O) groups is 2. The number of hydrogen-bond donors (Lipinski definition) is 1. The summed E-state index contributed by atoms with van der Waals surface area (Å²) in [6.07, 6.45) is 2.28. The SMILES string of the molecule is COC(=O)CCCNC(=O)c1cc(-c2ccco2)n(-c2cccc(Cl)c2)n1. The van der Waals surface area contributed by atoms with E-state index in [1.807, 2.05) is 6.07 Å². The Morgan fingerprint density at radius 1 is 1.26 bits per heavy atom. The number of furan rings is 1. The fraction of sp³-hybridized carbons (Fsp3) is 0.211. The van der Waals surface area contributed by atoms with E-state index >= 15 is 0 Å². The van der Waals surface area contributed by atoms with Crippen LogP contribution < -0.4 is 5.32 Å². The van der Waals surface area contributed by atoms with E-state index in [1.54, 1.807) is 47.3 Å². The number of esters is 1. The minimum Gasteiger partial charge on any atom is -0.469 e. The van der Waals surface area contributed by atoms with Gasteiger partial charge in [-0.1, -0.05) is 17.7 Å². The van der Waals surface area contributed by atoms with Gasteiger partial charge in [0.1, 0.15) is 5.69 Å². The first-order valence-electron chi connectivity index (χ1n) is 8.33. The Labute approximate surface area is 160 Å². The molecule has 27 heavy (non-hydrogen) atoms. The van der Waals surface area contributed by atoms with E-state index in [1.165, 1.54) is 7.11 Å². The third-order valence-electron chi connectivity index (χ3n) is 3.84. The lowest BCUT2D eigenvalue weighted by atomic mass is 10.2. The number of benzene rings is 1. The van der Waals surface area contributed by atoms with Gasteiger partial charge in [0.15, 0.2) is 11.5 Å². The Hall–Kier alpha value is -3.06. The van der Waals surface area contributed by atoms with Crippen molar-refractivity contribution in [2.24, 2.45) is 0 Å². The summed E-state index contributed by atoms with van der Waals surface area (Å²) in [5.41, 5.74) is 1.57. The summed E-state index contributed by atoms with van der Waals surface area (Å²) >= 11 is 6.08. The second kappa shape index (κ2) is 8.55. The van der Waals surface area contributed by atoms with Crippen molar-refractivity contribution >= 4 is 23.5 Å². The molecule has 8 heteroatoms. The van der Waals surface area contributed by atoms with E-state index in [4.69, 9.17) is 16.0 Å². The monoisotopic (exact) mass is 387 g/mol. The molecule has 0 bridgehead atoms. The fourth-order valence-corrected chi connectivity index (χ4v) is 2.71. The summed E-state index contributed by atoms with van der Waals surface area (Å²) in [5, 5.41) is 7.71. The van der Waals surface area contributed by atoms with Crippen LogP contribution in [0.3, 0.4) is 0 Å². The topological polar surface area (TPSA) is 86.4 Å². The number of methoxy groups -OCH3 is 1. The van der Waals surface area contributed by atoms with Crippen LogP contribution in [0.25, 0.3) is 17.1 Å². The number of amides is 1. The summed E-state index contributed by atoms with van der Waals surface area (Å²) in [7, 11) is 1.33. The molecule has 1 aromatic carbocycles. The molecule has 0 spiro atoms. The van der Waals surface area contributed by atoms with Crippen LogP contribution in [0.4, 0.5) is 0 Å². The molecule has 0 saturated carbocycles. The first kappa shape index (κ1) is 18.7. The number of aromatic nitrogens is 2. The van der Waals surface area contributed by atoms with Crippen molar-refractivity contribution in [2.75, 3.05) is 13.7 Å². The first-order chi connectivity index (χ1) is 13.1. The molecule has 0 fully saturated rings. The predicted octanol–water partition coefficient (Wildman–Crippen LogP) is 3.47. The van der Waals surface area contributed by atoms with Crippen LogP contribution in [0.15, 0.2) is 53.1 Å². The normalized spacial score (nSPS) is 10.6. The maximum Gasteiger partial charge on any atom is 0.305 e. The van der Waals surface area contributed by atoms with Gasteiger partial charge >= 0.3 is 5.97 Å². The van der Waals surface area contributed by atoms with E-state index < -0.39 is 0 Å². The van der Waals surface area contributed by atoms with Gasteiger partial charge in [-0.05, 0) is 36.8 Å². The lowest BCUT2D eigenvalue weighted by Gasteiger charge is -2.06. The molecule has 3 rings (SSSR count). The molecule has 140 valence electrons. The molecule has 0 atom stereocenters. The lowest BCUT2D eigenvalue weighted by Crippen LogP contribution is -2.25. The largest absolute Gasteiger partial charge is 0.469 e. The smallest absolute Gasteiger partial charge is 0.305 e. The van der Waals surface area contributed by atoms with Gasteiger partial charge in [-0.3, -0.25) is 9.59 Å². The predicted molar refractivity (Wildman–Crippen MR) is 99.9 cm³/mol. The van der Waals surface area contributed by atoms with Crippen molar-refractivity contribution in [2.45, 2.75) is 12.8 Å². The quantitative estimate of drug-likeness (QED) is 0.495. The van der Waals surface area contributed by atoms with E-state index in [2.05, 4.69) is 15.2 Å². The van der Waals surface area contributed by atoms with Gasteiger partial charge in [-0.2, -0.15) is 5.10 Å². The number of hydrogen-bond acceptors (Lipinski definition) is 5. The van der Waals surface area contributed by atoms with Crippen LogP contribution in [0.1, 0.15) is 23.3 Å². The number of carbonyl (C=O) groups excluding carboxylic acids is 2. The highest BCUT2D eigenvalue weighted by atomic mass is 35.5. The molecule has 0 aliphatic carbocycles. The van der Waals surface area contributed by atoms with Gasteiger partial charge in [0, 0.05) is 24.1 Å². The number of nitrogens with one attached hydrogen (secondary N) is 1. The van der Waals surface area contributed by atoms with Crippen LogP contribution in [0, 0.1) is 0 Å². The molecule has 0 unspecified atom stereocenters. The summed E-state index contributed by atoms with van der Waals surface area (Å²) in [5.74, 6) is -0.0738. The number of ether oxygens (including phenoxy) is 1. The van der Waals surface area contributed by atoms with Gasteiger partial charge in [-0.25, -0.2) is 4.68 Å². The molecule has 0 aliphatic rings. The molecule has 0 radical (unpaired) electrons. The van der Waals surface area contributed by atoms with Crippen molar-refractivity contribution in [3.63, 3.8) is 0 Å². The van der Waals surface area contributed by atoms with E-state index in [9.17, 15) is 9.59 Å². The van der Waals surface area contributed by atoms with Gasteiger partial charge < -0.3 is 14.5 Å². The van der Waals surface area contributed by atoms with Crippen LogP contribution in [0.2, 0.25) is 5.02 Å². The molecule has 0 aliphatic heterocycles. The molecular formula is C19H18ClN3O4. The number of rotatable bonds is 7. The third kappa shape index (κ3) is 4.57. The van der Waals surface area contributed by atoms with Gasteiger partial charge in [0.2, 0.25) is 0 Å². The van der Waals surface area contributed by atoms with E-state index in [0.717, 1.165) is 0 Å². The van der Waals surface area contributed by atoms with Crippen molar-refractivity contribution < 1.29 is 18.7 Å². The van der Waals surface area contributed by atoms with Gasteiger partial charge in [-0.15, -0.1) is 0 Å². The summed E-state index contributed by atoms with van der Waals surface area (Å²) in [6, 6.07) is 12.3.